The van der Waals surface area contributed by atoms with E-state index in [1.54, 1.807) is 36.4 Å². The molecule has 3 rings (SSSR count). The van der Waals surface area contributed by atoms with Crippen LogP contribution in [0.2, 0.25) is 0 Å². The normalized spacial score (nSPS) is 10.3. The smallest absolute Gasteiger partial charge is 0.338 e. The molecule has 154 valence electrons. The Kier molecular flexibility index (Phi) is 7.34. The van der Waals surface area contributed by atoms with E-state index in [0.717, 1.165) is 10.4 Å². The first-order chi connectivity index (χ1) is 14.5. The zero-order chi connectivity index (χ0) is 21.3. The number of Topliss-reactive ketones (excluding diaryl/α,β-unsaturated/α-hetero) is 1. The van der Waals surface area contributed by atoms with Crippen molar-refractivity contribution >= 4 is 29.0 Å². The van der Waals surface area contributed by atoms with Crippen molar-refractivity contribution in [1.29, 1.82) is 0 Å². The minimum Gasteiger partial charge on any atom is -0.489 e. The summed E-state index contributed by atoms with van der Waals surface area (Å²) in [5.41, 5.74) is 1.39. The molecule has 1 heterocycles. The third-order valence-corrected chi connectivity index (χ3v) is 5.25. The summed E-state index contributed by atoms with van der Waals surface area (Å²) < 4.78 is 10.8. The number of nitrogens with one attached hydrogen (secondary N) is 1. The van der Waals surface area contributed by atoms with Crippen molar-refractivity contribution in [3.63, 3.8) is 0 Å². The monoisotopic (exact) mass is 423 g/mol. The van der Waals surface area contributed by atoms with Crippen molar-refractivity contribution in [2.24, 2.45) is 0 Å². The van der Waals surface area contributed by atoms with E-state index < -0.39 is 5.97 Å². The van der Waals surface area contributed by atoms with Gasteiger partial charge in [-0.15, -0.1) is 11.3 Å². The van der Waals surface area contributed by atoms with Crippen LogP contribution in [0.1, 0.15) is 37.4 Å². The summed E-state index contributed by atoms with van der Waals surface area (Å²) in [4.78, 5) is 36.7. The van der Waals surface area contributed by atoms with Crippen molar-refractivity contribution < 1.29 is 23.9 Å². The summed E-state index contributed by atoms with van der Waals surface area (Å²) in [6.45, 7) is 1.89. The lowest BCUT2D eigenvalue weighted by Crippen LogP contribution is -2.18. The van der Waals surface area contributed by atoms with Crippen molar-refractivity contribution in [2.45, 2.75) is 20.1 Å². The molecule has 30 heavy (non-hydrogen) atoms. The number of hydrogen-bond donors (Lipinski definition) is 1. The summed E-state index contributed by atoms with van der Waals surface area (Å²) in [5, 5.41) is 2.67. The molecular formula is C23H21NO5S. The Balaban J connectivity index is 1.47. The second-order valence-electron chi connectivity index (χ2n) is 6.47. The Morgan fingerprint density at radius 1 is 0.933 bits per heavy atom. The van der Waals surface area contributed by atoms with Gasteiger partial charge in [-0.05, 0) is 42.0 Å². The summed E-state index contributed by atoms with van der Waals surface area (Å²) in [6.07, 6.45) is 0. The average molecular weight is 423 g/mol. The first-order valence-electron chi connectivity index (χ1n) is 9.31. The van der Waals surface area contributed by atoms with Gasteiger partial charge in [-0.2, -0.15) is 0 Å². The molecule has 1 N–H and O–H groups in total. The number of ketones is 1. The highest BCUT2D eigenvalue weighted by Crippen LogP contribution is 2.18. The average Bonchev–Trinajstić information content (AvgIpc) is 3.25. The molecule has 0 saturated heterocycles. The van der Waals surface area contributed by atoms with Gasteiger partial charge in [0.15, 0.2) is 6.61 Å². The predicted molar refractivity (Wildman–Crippen MR) is 114 cm³/mol. The molecule has 0 atom stereocenters. The molecule has 0 aliphatic heterocycles. The second kappa shape index (κ2) is 10.4. The summed E-state index contributed by atoms with van der Waals surface area (Å²) in [5.74, 6) is -0.364. The molecule has 6 nitrogen and oxygen atoms in total. The maximum absolute atomic E-state index is 12.2. The molecule has 0 saturated carbocycles. The molecule has 0 fully saturated rings. The lowest BCUT2D eigenvalue weighted by molar-refractivity contribution is -0.119. The van der Waals surface area contributed by atoms with Gasteiger partial charge < -0.3 is 14.8 Å². The Labute approximate surface area is 178 Å². The molecule has 1 amide bonds. The zero-order valence-electron chi connectivity index (χ0n) is 16.4. The summed E-state index contributed by atoms with van der Waals surface area (Å²) >= 11 is 1.26. The fourth-order valence-electron chi connectivity index (χ4n) is 2.55. The van der Waals surface area contributed by atoms with E-state index in [-0.39, 0.29) is 18.3 Å². The molecule has 1 aromatic heterocycles. The minimum atomic E-state index is -0.576. The first kappa shape index (κ1) is 21.3. The van der Waals surface area contributed by atoms with Crippen LogP contribution in [-0.2, 0) is 22.7 Å². The maximum Gasteiger partial charge on any atom is 0.338 e. The Hall–Kier alpha value is -3.45. The number of hydrogen-bond acceptors (Lipinski definition) is 6. The third-order valence-electron chi connectivity index (χ3n) is 4.12. The molecule has 0 spiro atoms. The predicted octanol–water partition coefficient (Wildman–Crippen LogP) is 4.00. The Morgan fingerprint density at radius 3 is 2.37 bits per heavy atom. The van der Waals surface area contributed by atoms with E-state index in [1.165, 1.54) is 18.3 Å². The topological polar surface area (TPSA) is 81.7 Å². The highest BCUT2D eigenvalue weighted by molar-refractivity contribution is 7.14. The fraction of sp³-hybridized carbons (Fsp3) is 0.174. The second-order valence-corrected chi connectivity index (χ2v) is 7.64. The van der Waals surface area contributed by atoms with Crippen molar-refractivity contribution in [3.05, 3.63) is 87.6 Å². The van der Waals surface area contributed by atoms with Gasteiger partial charge in [0.05, 0.1) is 17.0 Å². The van der Waals surface area contributed by atoms with Crippen LogP contribution in [0.3, 0.4) is 0 Å². The number of esters is 1. The zero-order valence-corrected chi connectivity index (χ0v) is 17.2. The summed E-state index contributed by atoms with van der Waals surface area (Å²) in [6, 6.07) is 19.8. The molecule has 2 aromatic carbocycles. The quantitative estimate of drug-likeness (QED) is 0.416. The highest BCUT2D eigenvalue weighted by Gasteiger charge is 2.14. The van der Waals surface area contributed by atoms with Crippen LogP contribution in [-0.4, -0.2) is 24.3 Å². The van der Waals surface area contributed by atoms with Gasteiger partial charge >= 0.3 is 5.97 Å². The number of rotatable bonds is 9. The molecule has 0 unspecified atom stereocenters. The van der Waals surface area contributed by atoms with E-state index in [1.807, 2.05) is 30.3 Å². The maximum atomic E-state index is 12.2. The van der Waals surface area contributed by atoms with Crippen molar-refractivity contribution in [2.75, 3.05) is 6.61 Å². The van der Waals surface area contributed by atoms with Gasteiger partial charge in [0.25, 0.3) is 0 Å². The minimum absolute atomic E-state index is 0.137. The molecule has 3 aromatic rings. The van der Waals surface area contributed by atoms with Gasteiger partial charge in [0.2, 0.25) is 11.7 Å². The number of thiophene rings is 1. The Morgan fingerprint density at radius 2 is 1.67 bits per heavy atom. The number of carbonyl (C=O) groups is 3. The third kappa shape index (κ3) is 6.28. The highest BCUT2D eigenvalue weighted by atomic mass is 32.1. The van der Waals surface area contributed by atoms with Gasteiger partial charge in [-0.1, -0.05) is 30.3 Å². The van der Waals surface area contributed by atoms with Gasteiger partial charge in [0, 0.05) is 11.8 Å². The number of ether oxygens (including phenoxy) is 2. The van der Waals surface area contributed by atoms with E-state index in [9.17, 15) is 14.4 Å². The number of carbonyl (C=O) groups excluding carboxylic acids is 3. The molecule has 0 bridgehead atoms. The van der Waals surface area contributed by atoms with Gasteiger partial charge in [-0.3, -0.25) is 9.59 Å². The SMILES string of the molecule is CC(=O)NCc1ccc(C(=O)COC(=O)c2ccc(OCc3ccccc3)cc2)s1. The lowest BCUT2D eigenvalue weighted by Gasteiger charge is -2.07. The van der Waals surface area contributed by atoms with Crippen molar-refractivity contribution in [3.8, 4) is 5.75 Å². The molecule has 0 radical (unpaired) electrons. The largest absolute Gasteiger partial charge is 0.489 e. The summed E-state index contributed by atoms with van der Waals surface area (Å²) in [7, 11) is 0. The number of amides is 1. The van der Waals surface area contributed by atoms with Crippen LogP contribution in [0, 0.1) is 0 Å². The molecule has 7 heteroatoms. The van der Waals surface area contributed by atoms with Gasteiger partial charge in [0.1, 0.15) is 12.4 Å². The first-order valence-corrected chi connectivity index (χ1v) is 10.1. The van der Waals surface area contributed by atoms with Crippen LogP contribution in [0.15, 0.2) is 66.7 Å². The van der Waals surface area contributed by atoms with E-state index in [2.05, 4.69) is 5.32 Å². The lowest BCUT2D eigenvalue weighted by atomic mass is 10.2. The molecule has 0 aliphatic rings. The van der Waals surface area contributed by atoms with Gasteiger partial charge in [-0.25, -0.2) is 4.79 Å². The number of benzene rings is 2. The van der Waals surface area contributed by atoms with Crippen LogP contribution >= 0.6 is 11.3 Å². The van der Waals surface area contributed by atoms with Crippen LogP contribution in [0.4, 0.5) is 0 Å². The fourth-order valence-corrected chi connectivity index (χ4v) is 3.42. The Bertz CT molecular complexity index is 1010. The van der Waals surface area contributed by atoms with E-state index >= 15 is 0 Å². The molecular weight excluding hydrogens is 402 g/mol. The standard InChI is InChI=1S/C23H21NO5S/c1-16(25)24-13-20-11-12-22(30-20)21(26)15-29-23(27)18-7-9-19(10-8-18)28-14-17-5-3-2-4-6-17/h2-12H,13-15H2,1H3,(H,24,25). The van der Waals surface area contributed by atoms with E-state index in [4.69, 9.17) is 9.47 Å². The van der Waals surface area contributed by atoms with Crippen LogP contribution in [0.25, 0.3) is 0 Å². The molecule has 0 aliphatic carbocycles. The van der Waals surface area contributed by atoms with Crippen molar-refractivity contribution in [1.82, 2.24) is 5.32 Å². The van der Waals surface area contributed by atoms with Crippen LogP contribution in [0.5, 0.6) is 5.75 Å². The van der Waals surface area contributed by atoms with E-state index in [0.29, 0.717) is 29.3 Å². The van der Waals surface area contributed by atoms with Crippen LogP contribution < -0.4 is 10.1 Å².